The Morgan fingerprint density at radius 2 is 2.54 bits per heavy atom. The summed E-state index contributed by atoms with van der Waals surface area (Å²) in [6.07, 6.45) is 3.74. The van der Waals surface area contributed by atoms with Crippen LogP contribution in [0, 0.1) is 11.3 Å². The molecule has 0 radical (unpaired) electrons. The van der Waals surface area contributed by atoms with Gasteiger partial charge < -0.3 is 4.42 Å². The van der Waals surface area contributed by atoms with Gasteiger partial charge in [0.1, 0.15) is 0 Å². The number of thiazole rings is 1. The predicted molar refractivity (Wildman–Crippen MR) is 49.1 cm³/mol. The van der Waals surface area contributed by atoms with E-state index in [1.165, 1.54) is 11.3 Å². The van der Waals surface area contributed by atoms with Crippen molar-refractivity contribution in [2.75, 3.05) is 0 Å². The Bertz CT molecular complexity index is 425. The summed E-state index contributed by atoms with van der Waals surface area (Å²) in [7, 11) is 0. The van der Waals surface area contributed by atoms with Gasteiger partial charge in [0.05, 0.1) is 18.8 Å². The third kappa shape index (κ3) is 1.60. The lowest BCUT2D eigenvalue weighted by Crippen LogP contribution is -1.68. The zero-order valence-electron chi connectivity index (χ0n) is 6.73. The normalized spacial score (nSPS) is 9.77. The highest BCUT2D eigenvalue weighted by Crippen LogP contribution is 2.25. The van der Waals surface area contributed by atoms with Crippen LogP contribution in [0.1, 0.15) is 4.88 Å². The zero-order chi connectivity index (χ0) is 9.10. The van der Waals surface area contributed by atoms with Gasteiger partial charge in [0.15, 0.2) is 10.8 Å². The van der Waals surface area contributed by atoms with E-state index in [1.54, 1.807) is 12.5 Å². The van der Waals surface area contributed by atoms with E-state index in [1.807, 2.05) is 12.1 Å². The van der Waals surface area contributed by atoms with E-state index in [2.05, 4.69) is 11.1 Å². The Labute approximate surface area is 79.3 Å². The second-order valence-corrected chi connectivity index (χ2v) is 3.56. The highest BCUT2D eigenvalue weighted by Gasteiger charge is 2.05. The lowest BCUT2D eigenvalue weighted by molar-refractivity contribution is 0.582. The molecule has 0 aliphatic rings. The molecule has 0 aromatic carbocycles. The van der Waals surface area contributed by atoms with Gasteiger partial charge in [-0.1, -0.05) is 0 Å². The fourth-order valence-corrected chi connectivity index (χ4v) is 1.79. The van der Waals surface area contributed by atoms with E-state index in [0.717, 1.165) is 15.6 Å². The van der Waals surface area contributed by atoms with E-state index in [0.29, 0.717) is 6.42 Å². The molecule has 64 valence electrons. The molecule has 2 aromatic heterocycles. The van der Waals surface area contributed by atoms with Crippen LogP contribution in [0.15, 0.2) is 29.0 Å². The monoisotopic (exact) mass is 190 g/mol. The molecule has 3 nitrogen and oxygen atoms in total. The molecule has 13 heavy (non-hydrogen) atoms. The lowest BCUT2D eigenvalue weighted by Gasteiger charge is -1.84. The highest BCUT2D eigenvalue weighted by molar-refractivity contribution is 7.15. The number of hydrogen-bond acceptors (Lipinski definition) is 4. The largest absolute Gasteiger partial charge is 0.462 e. The van der Waals surface area contributed by atoms with Gasteiger partial charge in [0, 0.05) is 11.1 Å². The first-order chi connectivity index (χ1) is 6.40. The van der Waals surface area contributed by atoms with Crippen LogP contribution in [0.2, 0.25) is 0 Å². The predicted octanol–water partition coefficient (Wildman–Crippen LogP) is 2.47. The minimum Gasteiger partial charge on any atom is -0.462 e. The molecule has 0 N–H and O–H groups in total. The molecule has 0 bridgehead atoms. The summed E-state index contributed by atoms with van der Waals surface area (Å²) in [5.74, 6) is 0.759. The van der Waals surface area contributed by atoms with Crippen molar-refractivity contribution in [2.45, 2.75) is 6.42 Å². The molecule has 0 aliphatic heterocycles. The Kier molecular flexibility index (Phi) is 2.11. The zero-order valence-corrected chi connectivity index (χ0v) is 7.54. The molecule has 4 heteroatoms. The highest BCUT2D eigenvalue weighted by atomic mass is 32.1. The van der Waals surface area contributed by atoms with E-state index >= 15 is 0 Å². The van der Waals surface area contributed by atoms with Gasteiger partial charge in [0.25, 0.3) is 0 Å². The summed E-state index contributed by atoms with van der Waals surface area (Å²) < 4.78 is 5.18. The number of furan rings is 1. The minimum atomic E-state index is 0.415. The number of rotatable bonds is 2. The van der Waals surface area contributed by atoms with Crippen molar-refractivity contribution in [3.63, 3.8) is 0 Å². The van der Waals surface area contributed by atoms with Crippen LogP contribution < -0.4 is 0 Å². The second kappa shape index (κ2) is 3.42. The van der Waals surface area contributed by atoms with Gasteiger partial charge in [-0.2, -0.15) is 5.26 Å². The molecule has 0 atom stereocenters. The average molecular weight is 190 g/mol. The number of aromatic nitrogens is 1. The van der Waals surface area contributed by atoms with Crippen LogP contribution in [0.4, 0.5) is 0 Å². The first-order valence-corrected chi connectivity index (χ1v) is 4.57. The maximum absolute atomic E-state index is 8.46. The summed E-state index contributed by atoms with van der Waals surface area (Å²) in [4.78, 5) is 5.12. The molecular formula is C9H6N2OS. The van der Waals surface area contributed by atoms with Crippen molar-refractivity contribution in [2.24, 2.45) is 0 Å². The Morgan fingerprint density at radius 3 is 3.23 bits per heavy atom. The Morgan fingerprint density at radius 1 is 1.62 bits per heavy atom. The van der Waals surface area contributed by atoms with E-state index in [-0.39, 0.29) is 0 Å². The van der Waals surface area contributed by atoms with Gasteiger partial charge >= 0.3 is 0 Å². The summed E-state index contributed by atoms with van der Waals surface area (Å²) >= 11 is 1.49. The van der Waals surface area contributed by atoms with Gasteiger partial charge in [-0.3, -0.25) is 0 Å². The maximum Gasteiger partial charge on any atom is 0.162 e. The minimum absolute atomic E-state index is 0.415. The van der Waals surface area contributed by atoms with Crippen molar-refractivity contribution in [3.8, 4) is 16.8 Å². The van der Waals surface area contributed by atoms with Crippen molar-refractivity contribution >= 4 is 11.3 Å². The smallest absolute Gasteiger partial charge is 0.162 e. The van der Waals surface area contributed by atoms with Gasteiger partial charge in [-0.15, -0.1) is 11.3 Å². The molecule has 2 heterocycles. The Hall–Kier alpha value is -1.60. The molecule has 0 amide bonds. The van der Waals surface area contributed by atoms with Crippen LogP contribution in [0.5, 0.6) is 0 Å². The number of hydrogen-bond donors (Lipinski definition) is 0. The van der Waals surface area contributed by atoms with Crippen LogP contribution in [0.3, 0.4) is 0 Å². The molecule has 0 saturated carbocycles. The number of nitrogens with zero attached hydrogens (tertiary/aromatic N) is 2. The summed E-state index contributed by atoms with van der Waals surface area (Å²) in [6.45, 7) is 0. The quantitative estimate of drug-likeness (QED) is 0.730. The number of nitriles is 1. The lowest BCUT2D eigenvalue weighted by atomic mass is 10.4. The third-order valence-electron chi connectivity index (χ3n) is 1.54. The summed E-state index contributed by atoms with van der Waals surface area (Å²) in [5, 5.41) is 9.29. The van der Waals surface area contributed by atoms with Crippen LogP contribution in [-0.4, -0.2) is 4.98 Å². The van der Waals surface area contributed by atoms with Crippen LogP contribution in [-0.2, 0) is 6.42 Å². The molecule has 0 spiro atoms. The van der Waals surface area contributed by atoms with Gasteiger partial charge in [0.2, 0.25) is 0 Å². The van der Waals surface area contributed by atoms with Crippen molar-refractivity contribution < 1.29 is 4.42 Å². The van der Waals surface area contributed by atoms with Gasteiger partial charge in [-0.25, -0.2) is 4.98 Å². The van der Waals surface area contributed by atoms with Gasteiger partial charge in [-0.05, 0) is 12.1 Å². The Balaban J connectivity index is 2.29. The topological polar surface area (TPSA) is 49.8 Å². The van der Waals surface area contributed by atoms with E-state index < -0.39 is 0 Å². The molecule has 2 rings (SSSR count). The fraction of sp³-hybridized carbons (Fsp3) is 0.111. The molecule has 0 saturated heterocycles. The summed E-state index contributed by atoms with van der Waals surface area (Å²) in [5.41, 5.74) is 0. The third-order valence-corrected chi connectivity index (χ3v) is 2.55. The molecule has 2 aromatic rings. The van der Waals surface area contributed by atoms with E-state index in [9.17, 15) is 0 Å². The second-order valence-electron chi connectivity index (χ2n) is 2.44. The maximum atomic E-state index is 8.46. The van der Waals surface area contributed by atoms with Crippen LogP contribution >= 0.6 is 11.3 Å². The van der Waals surface area contributed by atoms with Crippen molar-refractivity contribution in [3.05, 3.63) is 29.5 Å². The standard InChI is InChI=1S/C9H6N2OS/c10-4-3-7-6-11-9(13-7)8-2-1-5-12-8/h1-2,5-6H,3H2. The van der Waals surface area contributed by atoms with Crippen molar-refractivity contribution in [1.29, 1.82) is 5.26 Å². The summed E-state index contributed by atoms with van der Waals surface area (Å²) in [6, 6.07) is 5.76. The van der Waals surface area contributed by atoms with E-state index in [4.69, 9.17) is 9.68 Å². The molecular weight excluding hydrogens is 184 g/mol. The van der Waals surface area contributed by atoms with Crippen molar-refractivity contribution in [1.82, 2.24) is 4.98 Å². The van der Waals surface area contributed by atoms with Crippen LogP contribution in [0.25, 0.3) is 10.8 Å². The average Bonchev–Trinajstić information content (AvgIpc) is 2.70. The molecule has 0 unspecified atom stereocenters. The first kappa shape index (κ1) is 8.02. The molecule has 0 fully saturated rings. The molecule has 0 aliphatic carbocycles. The SMILES string of the molecule is N#CCc1cnc(-c2ccco2)s1. The first-order valence-electron chi connectivity index (χ1n) is 3.75. The fourth-order valence-electron chi connectivity index (χ4n) is 0.981.